The SMILES string of the molecule is C=C1C=CC(Cl)=CN1/C(CC(=O)N(C)C)=C(\C)c1ccc(OCCF)cc1. The molecule has 1 heterocycles. The molecule has 0 unspecified atom stereocenters. The lowest BCUT2D eigenvalue weighted by molar-refractivity contribution is -0.128. The second-order valence-electron chi connectivity index (χ2n) is 6.31. The van der Waals surface area contributed by atoms with Gasteiger partial charge in [0.2, 0.25) is 5.91 Å². The smallest absolute Gasteiger partial charge is 0.228 e. The lowest BCUT2D eigenvalue weighted by Crippen LogP contribution is -2.27. The standard InChI is InChI=1S/C21H24ClFN2O2/c1-15-5-8-18(22)14-25(15)20(13-21(26)24(3)4)16(2)17-6-9-19(10-7-17)27-12-11-23/h5-10,14H,1,11-13H2,2-4H3/b20-16+. The minimum absolute atomic E-state index is 0.0278. The number of carbonyl (C=O) groups excluding carboxylic acids is 1. The zero-order valence-electron chi connectivity index (χ0n) is 15.8. The first-order chi connectivity index (χ1) is 12.8. The highest BCUT2D eigenvalue weighted by Gasteiger charge is 2.20. The number of hydrogen-bond acceptors (Lipinski definition) is 3. The molecule has 144 valence electrons. The molecule has 2 rings (SSSR count). The molecule has 0 spiro atoms. The summed E-state index contributed by atoms with van der Waals surface area (Å²) in [6, 6.07) is 7.34. The van der Waals surface area contributed by atoms with Gasteiger partial charge in [0.15, 0.2) is 0 Å². The van der Waals surface area contributed by atoms with Gasteiger partial charge in [-0.2, -0.15) is 0 Å². The van der Waals surface area contributed by atoms with E-state index < -0.39 is 6.67 Å². The molecule has 1 aromatic rings. The first-order valence-electron chi connectivity index (χ1n) is 8.56. The Kier molecular flexibility index (Phi) is 7.25. The van der Waals surface area contributed by atoms with Crippen molar-refractivity contribution in [1.82, 2.24) is 9.80 Å². The van der Waals surface area contributed by atoms with Crippen LogP contribution < -0.4 is 4.74 Å². The molecule has 0 fully saturated rings. The topological polar surface area (TPSA) is 32.8 Å². The number of ether oxygens (including phenoxy) is 1. The van der Waals surface area contributed by atoms with Crippen molar-refractivity contribution in [3.8, 4) is 5.75 Å². The number of carbonyl (C=O) groups is 1. The van der Waals surface area contributed by atoms with Crippen molar-refractivity contribution in [2.24, 2.45) is 0 Å². The molecular weight excluding hydrogens is 367 g/mol. The normalized spacial score (nSPS) is 14.6. The summed E-state index contributed by atoms with van der Waals surface area (Å²) >= 11 is 6.17. The van der Waals surface area contributed by atoms with Crippen LogP contribution in [0.3, 0.4) is 0 Å². The molecule has 27 heavy (non-hydrogen) atoms. The molecule has 0 aliphatic carbocycles. The van der Waals surface area contributed by atoms with Crippen molar-refractivity contribution in [3.63, 3.8) is 0 Å². The van der Waals surface area contributed by atoms with E-state index in [9.17, 15) is 9.18 Å². The van der Waals surface area contributed by atoms with Gasteiger partial charge in [0, 0.05) is 31.7 Å². The van der Waals surface area contributed by atoms with Gasteiger partial charge in [0.25, 0.3) is 0 Å². The van der Waals surface area contributed by atoms with Gasteiger partial charge in [-0.05, 0) is 42.3 Å². The second-order valence-corrected chi connectivity index (χ2v) is 6.74. The van der Waals surface area contributed by atoms with Gasteiger partial charge >= 0.3 is 0 Å². The van der Waals surface area contributed by atoms with Gasteiger partial charge in [-0.3, -0.25) is 4.79 Å². The first kappa shape index (κ1) is 20.8. The van der Waals surface area contributed by atoms with E-state index in [4.69, 9.17) is 16.3 Å². The Morgan fingerprint density at radius 3 is 2.52 bits per heavy atom. The Hall–Kier alpha value is -2.53. The lowest BCUT2D eigenvalue weighted by Gasteiger charge is -2.29. The monoisotopic (exact) mass is 390 g/mol. The quantitative estimate of drug-likeness (QED) is 0.676. The van der Waals surface area contributed by atoms with E-state index in [0.717, 1.165) is 22.5 Å². The Morgan fingerprint density at radius 1 is 1.26 bits per heavy atom. The fourth-order valence-corrected chi connectivity index (χ4v) is 2.74. The van der Waals surface area contributed by atoms with Crippen LogP contribution in [0.1, 0.15) is 18.9 Å². The third-order valence-corrected chi connectivity index (χ3v) is 4.39. The average molecular weight is 391 g/mol. The molecule has 1 aliphatic heterocycles. The van der Waals surface area contributed by atoms with Crippen LogP contribution in [0.4, 0.5) is 4.39 Å². The maximum atomic E-state index is 12.4. The van der Waals surface area contributed by atoms with Crippen LogP contribution in [0.2, 0.25) is 0 Å². The van der Waals surface area contributed by atoms with Gasteiger partial charge in [-0.15, -0.1) is 0 Å². The number of rotatable bonds is 7. The number of nitrogens with zero attached hydrogens (tertiary/aromatic N) is 2. The summed E-state index contributed by atoms with van der Waals surface area (Å²) in [5.74, 6) is 0.572. The van der Waals surface area contributed by atoms with E-state index in [2.05, 4.69) is 6.58 Å². The number of benzene rings is 1. The minimum Gasteiger partial charge on any atom is -0.491 e. The van der Waals surface area contributed by atoms with E-state index in [0.29, 0.717) is 10.8 Å². The van der Waals surface area contributed by atoms with Crippen LogP contribution >= 0.6 is 11.6 Å². The Bertz CT molecular complexity index is 795. The molecule has 0 saturated heterocycles. The highest BCUT2D eigenvalue weighted by atomic mass is 35.5. The largest absolute Gasteiger partial charge is 0.491 e. The number of hydrogen-bond donors (Lipinski definition) is 0. The minimum atomic E-state index is -0.533. The van der Waals surface area contributed by atoms with Gasteiger partial charge < -0.3 is 14.5 Å². The molecule has 1 amide bonds. The first-order valence-corrected chi connectivity index (χ1v) is 8.94. The summed E-state index contributed by atoms with van der Waals surface area (Å²) in [6.07, 6.45) is 5.53. The van der Waals surface area contributed by atoms with Crippen molar-refractivity contribution in [1.29, 1.82) is 0 Å². The number of halogens is 2. The molecule has 0 radical (unpaired) electrons. The molecule has 0 bridgehead atoms. The highest BCUT2D eigenvalue weighted by molar-refractivity contribution is 6.31. The molecule has 0 atom stereocenters. The summed E-state index contributed by atoms with van der Waals surface area (Å²) in [5, 5.41) is 0.556. The second kappa shape index (κ2) is 9.42. The van der Waals surface area contributed by atoms with E-state index in [1.807, 2.05) is 30.0 Å². The predicted molar refractivity (Wildman–Crippen MR) is 108 cm³/mol. The summed E-state index contributed by atoms with van der Waals surface area (Å²) in [5.41, 5.74) is 3.36. The third kappa shape index (κ3) is 5.47. The lowest BCUT2D eigenvalue weighted by atomic mass is 10.0. The van der Waals surface area contributed by atoms with Crippen molar-refractivity contribution in [2.45, 2.75) is 13.3 Å². The van der Waals surface area contributed by atoms with Crippen LogP contribution in [0.15, 0.2) is 65.6 Å². The third-order valence-electron chi connectivity index (χ3n) is 4.17. The summed E-state index contributed by atoms with van der Waals surface area (Å²) in [6.45, 7) is 5.49. The van der Waals surface area contributed by atoms with Crippen molar-refractivity contribution < 1.29 is 13.9 Å². The van der Waals surface area contributed by atoms with Crippen LogP contribution in [0.25, 0.3) is 5.57 Å². The molecule has 0 saturated carbocycles. The Morgan fingerprint density at radius 2 is 1.93 bits per heavy atom. The zero-order valence-corrected chi connectivity index (χ0v) is 16.6. The maximum Gasteiger partial charge on any atom is 0.228 e. The maximum absolute atomic E-state index is 12.4. The van der Waals surface area contributed by atoms with Crippen LogP contribution in [0, 0.1) is 0 Å². The van der Waals surface area contributed by atoms with Crippen LogP contribution in [-0.2, 0) is 4.79 Å². The van der Waals surface area contributed by atoms with Crippen LogP contribution in [-0.4, -0.2) is 43.1 Å². The van der Waals surface area contributed by atoms with E-state index in [-0.39, 0.29) is 18.9 Å². The van der Waals surface area contributed by atoms with Gasteiger partial charge in [0.1, 0.15) is 19.0 Å². The molecule has 0 N–H and O–H groups in total. The van der Waals surface area contributed by atoms with Crippen molar-refractivity contribution in [2.75, 3.05) is 27.4 Å². The molecular formula is C21H24ClFN2O2. The molecule has 1 aliphatic rings. The summed E-state index contributed by atoms with van der Waals surface area (Å²) in [7, 11) is 3.44. The van der Waals surface area contributed by atoms with Gasteiger partial charge in [-0.25, -0.2) is 4.39 Å². The fraction of sp³-hybridized carbons (Fsp3) is 0.286. The van der Waals surface area contributed by atoms with Crippen molar-refractivity contribution in [3.05, 3.63) is 71.2 Å². The molecule has 4 nitrogen and oxygen atoms in total. The highest BCUT2D eigenvalue weighted by Crippen LogP contribution is 2.31. The predicted octanol–water partition coefficient (Wildman–Crippen LogP) is 4.71. The Balaban J connectivity index is 2.42. The van der Waals surface area contributed by atoms with Gasteiger partial charge in [0.05, 0.1) is 11.5 Å². The summed E-state index contributed by atoms with van der Waals surface area (Å²) in [4.78, 5) is 15.8. The molecule has 1 aromatic carbocycles. The van der Waals surface area contributed by atoms with E-state index in [1.54, 1.807) is 43.4 Å². The Labute approximate surface area is 164 Å². The average Bonchev–Trinajstić information content (AvgIpc) is 2.66. The fourth-order valence-electron chi connectivity index (χ4n) is 2.58. The van der Waals surface area contributed by atoms with Gasteiger partial charge in [-0.1, -0.05) is 30.3 Å². The number of alkyl halides is 1. The number of allylic oxidation sites excluding steroid dienone is 4. The summed E-state index contributed by atoms with van der Waals surface area (Å²) < 4.78 is 17.5. The van der Waals surface area contributed by atoms with E-state index >= 15 is 0 Å². The van der Waals surface area contributed by atoms with Crippen LogP contribution in [0.5, 0.6) is 5.75 Å². The molecule has 0 aromatic heterocycles. The number of amides is 1. The zero-order chi connectivity index (χ0) is 20.0. The molecule has 6 heteroatoms. The van der Waals surface area contributed by atoms with Crippen molar-refractivity contribution >= 4 is 23.1 Å². The van der Waals surface area contributed by atoms with E-state index in [1.165, 1.54) is 0 Å².